The van der Waals surface area contributed by atoms with Crippen LogP contribution in [0.3, 0.4) is 0 Å². The van der Waals surface area contributed by atoms with Crippen LogP contribution in [0.4, 0.5) is 10.1 Å². The number of hydrogen-bond acceptors (Lipinski definition) is 4. The van der Waals surface area contributed by atoms with Crippen molar-refractivity contribution in [2.45, 2.75) is 50.7 Å². The summed E-state index contributed by atoms with van der Waals surface area (Å²) in [5.41, 5.74) is 0.957. The first-order valence-electron chi connectivity index (χ1n) is 10.5. The molecule has 2 saturated carbocycles. The van der Waals surface area contributed by atoms with E-state index in [9.17, 15) is 9.18 Å². The number of rotatable bonds is 3. The van der Waals surface area contributed by atoms with Crippen LogP contribution in [0, 0.1) is 34.4 Å². The molecule has 4 fully saturated rings. The summed E-state index contributed by atoms with van der Waals surface area (Å²) in [6.07, 6.45) is 6.90. The highest BCUT2D eigenvalue weighted by molar-refractivity contribution is 5.81. The van der Waals surface area contributed by atoms with Gasteiger partial charge in [-0.1, -0.05) is 12.8 Å². The molecule has 1 amide bonds. The highest BCUT2D eigenvalue weighted by Crippen LogP contribution is 2.60. The lowest BCUT2D eigenvalue weighted by Gasteiger charge is -2.57. The van der Waals surface area contributed by atoms with Gasteiger partial charge in [0.15, 0.2) is 0 Å². The number of amides is 1. The number of carbonyl (C=O) groups excluding carboxylic acids is 1. The van der Waals surface area contributed by atoms with E-state index in [4.69, 9.17) is 10.00 Å². The molecule has 28 heavy (non-hydrogen) atoms. The van der Waals surface area contributed by atoms with E-state index in [0.29, 0.717) is 36.4 Å². The molecule has 4 unspecified atom stereocenters. The van der Waals surface area contributed by atoms with Crippen LogP contribution in [0.2, 0.25) is 0 Å². The number of nitrogens with zero attached hydrogens (tertiary/aromatic N) is 2. The summed E-state index contributed by atoms with van der Waals surface area (Å²) in [4.78, 5) is 14.9. The van der Waals surface area contributed by atoms with E-state index in [-0.39, 0.29) is 23.3 Å². The van der Waals surface area contributed by atoms with Gasteiger partial charge in [-0.25, -0.2) is 4.39 Å². The van der Waals surface area contributed by atoms with Crippen molar-refractivity contribution in [1.29, 1.82) is 5.26 Å². The molecule has 2 aliphatic heterocycles. The molecule has 148 valence electrons. The van der Waals surface area contributed by atoms with Gasteiger partial charge in [0, 0.05) is 37.1 Å². The highest BCUT2D eigenvalue weighted by atomic mass is 19.1. The van der Waals surface area contributed by atoms with Gasteiger partial charge in [-0.15, -0.1) is 0 Å². The Hall–Kier alpha value is -2.13. The van der Waals surface area contributed by atoms with Crippen LogP contribution in [0.5, 0.6) is 0 Å². The first-order valence-corrected chi connectivity index (χ1v) is 10.5. The average molecular weight is 383 g/mol. The molecule has 2 aliphatic carbocycles. The number of nitrogens with one attached hydrogen (secondary N) is 1. The Labute approximate surface area is 164 Å². The molecule has 6 heteroatoms. The fraction of sp³-hybridized carbons (Fsp3) is 0.636. The topological polar surface area (TPSA) is 65.4 Å². The number of hydrogen-bond donors (Lipinski definition) is 1. The van der Waals surface area contributed by atoms with Gasteiger partial charge in [0.1, 0.15) is 5.82 Å². The Morgan fingerprint density at radius 2 is 2.14 bits per heavy atom. The maximum atomic E-state index is 14.3. The van der Waals surface area contributed by atoms with E-state index in [2.05, 4.69) is 5.32 Å². The largest absolute Gasteiger partial charge is 0.377 e. The third-order valence-corrected chi connectivity index (χ3v) is 7.56. The lowest BCUT2D eigenvalue weighted by atomic mass is 9.54. The van der Waals surface area contributed by atoms with Crippen molar-refractivity contribution in [3.8, 4) is 6.07 Å². The van der Waals surface area contributed by atoms with Crippen molar-refractivity contribution in [3.05, 3.63) is 29.6 Å². The second-order valence-corrected chi connectivity index (χ2v) is 8.88. The monoisotopic (exact) mass is 383 g/mol. The minimum absolute atomic E-state index is 0.109. The molecule has 2 saturated heterocycles. The second-order valence-electron chi connectivity index (χ2n) is 8.88. The minimum atomic E-state index is -0.394. The number of nitriles is 1. The van der Waals surface area contributed by atoms with Gasteiger partial charge >= 0.3 is 0 Å². The molecule has 5 nitrogen and oxygen atoms in total. The molecule has 0 bridgehead atoms. The SMILES string of the molecule is N#Cc1ccc(N2CCC(C(=O)NC3C4CCOC4C34CCCC4)C2)c(F)c1. The van der Waals surface area contributed by atoms with Crippen LogP contribution in [-0.4, -0.2) is 37.7 Å². The lowest BCUT2D eigenvalue weighted by molar-refractivity contribution is -0.147. The third-order valence-electron chi connectivity index (χ3n) is 7.56. The summed E-state index contributed by atoms with van der Waals surface area (Å²) in [6.45, 7) is 2.00. The molecule has 1 spiro atoms. The van der Waals surface area contributed by atoms with Gasteiger partial charge in [-0.3, -0.25) is 4.79 Å². The summed E-state index contributed by atoms with van der Waals surface area (Å²) in [6, 6.07) is 6.74. The van der Waals surface area contributed by atoms with Crippen LogP contribution < -0.4 is 10.2 Å². The number of halogens is 1. The first kappa shape index (κ1) is 17.9. The summed E-state index contributed by atoms with van der Waals surface area (Å²) < 4.78 is 20.3. The minimum Gasteiger partial charge on any atom is -0.377 e. The third kappa shape index (κ3) is 2.63. The molecule has 1 N–H and O–H groups in total. The summed E-state index contributed by atoms with van der Waals surface area (Å²) in [5.74, 6) is 0.0681. The van der Waals surface area contributed by atoms with Crippen molar-refractivity contribution in [2.24, 2.45) is 17.3 Å². The number of carbonyl (C=O) groups is 1. The Balaban J connectivity index is 1.25. The van der Waals surface area contributed by atoms with Gasteiger partial charge in [-0.2, -0.15) is 5.26 Å². The van der Waals surface area contributed by atoms with E-state index in [1.807, 2.05) is 11.0 Å². The maximum absolute atomic E-state index is 14.3. The quantitative estimate of drug-likeness (QED) is 0.872. The Morgan fingerprint density at radius 1 is 1.32 bits per heavy atom. The van der Waals surface area contributed by atoms with Gasteiger partial charge in [-0.05, 0) is 43.9 Å². The summed E-state index contributed by atoms with van der Waals surface area (Å²) in [7, 11) is 0. The molecule has 1 aromatic rings. The molecule has 4 aliphatic rings. The Bertz CT molecular complexity index is 830. The van der Waals surface area contributed by atoms with Crippen LogP contribution in [-0.2, 0) is 9.53 Å². The van der Waals surface area contributed by atoms with Crippen molar-refractivity contribution in [3.63, 3.8) is 0 Å². The molecule has 2 heterocycles. The first-order chi connectivity index (χ1) is 13.6. The van der Waals surface area contributed by atoms with E-state index >= 15 is 0 Å². The number of benzene rings is 1. The van der Waals surface area contributed by atoms with E-state index in [0.717, 1.165) is 32.3 Å². The predicted molar refractivity (Wildman–Crippen MR) is 102 cm³/mol. The zero-order valence-electron chi connectivity index (χ0n) is 16.0. The Kier molecular flexibility index (Phi) is 4.31. The molecular formula is C22H26FN3O2. The van der Waals surface area contributed by atoms with E-state index in [1.165, 1.54) is 18.9 Å². The average Bonchev–Trinajstić information content (AvgIpc) is 3.45. The fourth-order valence-electron chi connectivity index (χ4n) is 6.20. The van der Waals surface area contributed by atoms with Gasteiger partial charge in [0.25, 0.3) is 0 Å². The normalized spacial score (nSPS) is 32.8. The van der Waals surface area contributed by atoms with Gasteiger partial charge in [0.05, 0.1) is 29.3 Å². The van der Waals surface area contributed by atoms with Crippen LogP contribution in [0.25, 0.3) is 0 Å². The van der Waals surface area contributed by atoms with Crippen molar-refractivity contribution in [2.75, 3.05) is 24.6 Å². The lowest BCUT2D eigenvalue weighted by Crippen LogP contribution is -2.68. The predicted octanol–water partition coefficient (Wildman–Crippen LogP) is 2.99. The zero-order valence-corrected chi connectivity index (χ0v) is 16.0. The van der Waals surface area contributed by atoms with Crippen molar-refractivity contribution < 1.29 is 13.9 Å². The smallest absolute Gasteiger partial charge is 0.225 e. The fourth-order valence-corrected chi connectivity index (χ4v) is 6.20. The van der Waals surface area contributed by atoms with E-state index in [1.54, 1.807) is 12.1 Å². The standard InChI is InChI=1S/C22H26FN3O2/c23-17-11-14(12-24)3-4-18(17)26-9-5-15(13-26)21(27)25-19-16-6-10-28-20(16)22(19)7-1-2-8-22/h3-4,11,15-16,19-20H,1-2,5-10,13H2,(H,25,27). The number of anilines is 1. The maximum Gasteiger partial charge on any atom is 0.225 e. The van der Waals surface area contributed by atoms with E-state index < -0.39 is 5.82 Å². The number of fused-ring (bicyclic) bond motifs is 2. The molecule has 0 radical (unpaired) electrons. The molecule has 4 atom stereocenters. The van der Waals surface area contributed by atoms with Gasteiger partial charge in [0.2, 0.25) is 5.91 Å². The zero-order chi connectivity index (χ0) is 19.3. The summed E-state index contributed by atoms with van der Waals surface area (Å²) in [5, 5.41) is 12.3. The molecule has 1 aromatic carbocycles. The molecule has 5 rings (SSSR count). The van der Waals surface area contributed by atoms with Crippen LogP contribution >= 0.6 is 0 Å². The second kappa shape index (κ2) is 6.73. The van der Waals surface area contributed by atoms with Crippen molar-refractivity contribution >= 4 is 11.6 Å². The number of ether oxygens (including phenoxy) is 1. The van der Waals surface area contributed by atoms with Crippen LogP contribution in [0.1, 0.15) is 44.1 Å². The van der Waals surface area contributed by atoms with Crippen molar-refractivity contribution in [1.82, 2.24) is 5.32 Å². The van der Waals surface area contributed by atoms with Crippen LogP contribution in [0.15, 0.2) is 18.2 Å². The summed E-state index contributed by atoms with van der Waals surface area (Å²) >= 11 is 0. The molecular weight excluding hydrogens is 357 g/mol. The van der Waals surface area contributed by atoms with Gasteiger partial charge < -0.3 is 15.0 Å². The molecule has 0 aromatic heterocycles. The Morgan fingerprint density at radius 3 is 2.89 bits per heavy atom. The highest BCUT2D eigenvalue weighted by Gasteiger charge is 2.65.